The van der Waals surface area contributed by atoms with Crippen molar-refractivity contribution in [1.82, 2.24) is 4.90 Å². The minimum atomic E-state index is -0.448. The van der Waals surface area contributed by atoms with E-state index in [1.807, 2.05) is 31.2 Å². The number of hydrogen-bond donors (Lipinski definition) is 1. The third-order valence-electron chi connectivity index (χ3n) is 3.21. The Hall–Kier alpha value is -1.06. The monoisotopic (exact) mass is 235 g/mol. The Bertz CT molecular complexity index is 348. The van der Waals surface area contributed by atoms with E-state index in [1.165, 1.54) is 12.8 Å². The topological polar surface area (TPSA) is 32.7 Å². The van der Waals surface area contributed by atoms with Gasteiger partial charge in [-0.3, -0.25) is 0 Å². The molecule has 1 unspecified atom stereocenters. The molecule has 0 spiro atoms. The van der Waals surface area contributed by atoms with Crippen LogP contribution in [0.5, 0.6) is 5.75 Å². The number of aliphatic hydroxyl groups excluding tert-OH is 1. The Labute approximate surface area is 103 Å². The molecule has 3 nitrogen and oxygen atoms in total. The Morgan fingerprint density at radius 2 is 2.00 bits per heavy atom. The quantitative estimate of drug-likeness (QED) is 0.849. The molecule has 0 aromatic heterocycles. The van der Waals surface area contributed by atoms with Gasteiger partial charge in [-0.05, 0) is 38.9 Å². The molecule has 2 rings (SSSR count). The van der Waals surface area contributed by atoms with Crippen LogP contribution < -0.4 is 4.74 Å². The van der Waals surface area contributed by atoms with Gasteiger partial charge in [0, 0.05) is 12.1 Å². The van der Waals surface area contributed by atoms with Gasteiger partial charge in [-0.25, -0.2) is 0 Å². The van der Waals surface area contributed by atoms with Crippen LogP contribution in [-0.4, -0.2) is 36.2 Å². The fourth-order valence-electron chi connectivity index (χ4n) is 2.35. The lowest BCUT2D eigenvalue weighted by Crippen LogP contribution is -2.25. The van der Waals surface area contributed by atoms with Gasteiger partial charge in [0.15, 0.2) is 0 Å². The van der Waals surface area contributed by atoms with Gasteiger partial charge in [0.05, 0.1) is 12.7 Å². The maximum Gasteiger partial charge on any atom is 0.125 e. The van der Waals surface area contributed by atoms with Crippen LogP contribution in [0.1, 0.15) is 31.4 Å². The van der Waals surface area contributed by atoms with Crippen LogP contribution in [0.3, 0.4) is 0 Å². The van der Waals surface area contributed by atoms with E-state index in [9.17, 15) is 5.11 Å². The first-order chi connectivity index (χ1) is 8.31. The minimum Gasteiger partial charge on any atom is -0.493 e. The summed E-state index contributed by atoms with van der Waals surface area (Å²) in [7, 11) is 0. The maximum atomic E-state index is 10.3. The second kappa shape index (κ2) is 6.03. The van der Waals surface area contributed by atoms with Crippen molar-refractivity contribution in [1.29, 1.82) is 0 Å². The number of aliphatic hydroxyl groups is 1. The van der Waals surface area contributed by atoms with Gasteiger partial charge in [-0.1, -0.05) is 18.2 Å². The second-order valence-corrected chi connectivity index (χ2v) is 4.49. The van der Waals surface area contributed by atoms with E-state index in [4.69, 9.17) is 4.74 Å². The lowest BCUT2D eigenvalue weighted by molar-refractivity contribution is 0.122. The van der Waals surface area contributed by atoms with Crippen LogP contribution in [0.25, 0.3) is 0 Å². The predicted molar refractivity (Wildman–Crippen MR) is 68.2 cm³/mol. The standard InChI is InChI=1S/C14H21NO2/c1-2-17-14-8-4-3-7-12(14)13(16)11-15-9-5-6-10-15/h3-4,7-8,13,16H,2,5-6,9-11H2,1H3. The van der Waals surface area contributed by atoms with Crippen LogP contribution in [0.15, 0.2) is 24.3 Å². The van der Waals surface area contributed by atoms with Gasteiger partial charge in [0.2, 0.25) is 0 Å². The number of para-hydroxylation sites is 1. The minimum absolute atomic E-state index is 0.448. The summed E-state index contributed by atoms with van der Waals surface area (Å²) in [5.74, 6) is 0.807. The Morgan fingerprint density at radius 1 is 1.29 bits per heavy atom. The molecular weight excluding hydrogens is 214 g/mol. The number of hydrogen-bond acceptors (Lipinski definition) is 3. The molecule has 3 heteroatoms. The van der Waals surface area contributed by atoms with Crippen molar-refractivity contribution in [3.8, 4) is 5.75 Å². The third-order valence-corrected chi connectivity index (χ3v) is 3.21. The summed E-state index contributed by atoms with van der Waals surface area (Å²) in [6, 6.07) is 7.76. The maximum absolute atomic E-state index is 10.3. The number of rotatable bonds is 5. The third kappa shape index (κ3) is 3.20. The number of benzene rings is 1. The van der Waals surface area contributed by atoms with Crippen molar-refractivity contribution in [3.05, 3.63) is 29.8 Å². The number of nitrogens with zero attached hydrogens (tertiary/aromatic N) is 1. The smallest absolute Gasteiger partial charge is 0.125 e. The van der Waals surface area contributed by atoms with Crippen LogP contribution in [-0.2, 0) is 0 Å². The van der Waals surface area contributed by atoms with Gasteiger partial charge < -0.3 is 14.7 Å². The van der Waals surface area contributed by atoms with Gasteiger partial charge in [0.25, 0.3) is 0 Å². The zero-order valence-corrected chi connectivity index (χ0v) is 10.4. The summed E-state index contributed by atoms with van der Waals surface area (Å²) in [4.78, 5) is 2.31. The first-order valence-electron chi connectivity index (χ1n) is 6.43. The van der Waals surface area contributed by atoms with Crippen molar-refractivity contribution in [2.75, 3.05) is 26.2 Å². The van der Waals surface area contributed by atoms with Crippen molar-refractivity contribution in [2.24, 2.45) is 0 Å². The Morgan fingerprint density at radius 3 is 2.71 bits per heavy atom. The van der Waals surface area contributed by atoms with E-state index in [-0.39, 0.29) is 0 Å². The average molecular weight is 235 g/mol. The van der Waals surface area contributed by atoms with Crippen LogP contribution >= 0.6 is 0 Å². The molecule has 1 N–H and O–H groups in total. The highest BCUT2D eigenvalue weighted by Gasteiger charge is 2.19. The van der Waals surface area contributed by atoms with Crippen molar-refractivity contribution in [2.45, 2.75) is 25.9 Å². The molecule has 1 aliphatic heterocycles. The lowest BCUT2D eigenvalue weighted by atomic mass is 10.1. The van der Waals surface area contributed by atoms with Gasteiger partial charge >= 0.3 is 0 Å². The lowest BCUT2D eigenvalue weighted by Gasteiger charge is -2.21. The summed E-state index contributed by atoms with van der Waals surface area (Å²) < 4.78 is 5.54. The molecule has 0 bridgehead atoms. The van der Waals surface area contributed by atoms with Crippen molar-refractivity contribution < 1.29 is 9.84 Å². The molecule has 94 valence electrons. The molecule has 0 amide bonds. The number of likely N-dealkylation sites (tertiary alicyclic amines) is 1. The molecule has 0 saturated carbocycles. The van der Waals surface area contributed by atoms with Gasteiger partial charge in [-0.2, -0.15) is 0 Å². The van der Waals surface area contributed by atoms with E-state index in [0.29, 0.717) is 13.2 Å². The number of β-amino-alcohol motifs (C(OH)–C–C–N with tert-alkyl or cyclic N) is 1. The molecule has 1 fully saturated rings. The first kappa shape index (κ1) is 12.4. The van der Waals surface area contributed by atoms with E-state index < -0.39 is 6.10 Å². The molecule has 1 aliphatic rings. The average Bonchev–Trinajstić information content (AvgIpc) is 2.83. The van der Waals surface area contributed by atoms with Gasteiger partial charge in [0.1, 0.15) is 5.75 Å². The highest BCUT2D eigenvalue weighted by atomic mass is 16.5. The summed E-state index contributed by atoms with van der Waals surface area (Å²) in [5.41, 5.74) is 0.904. The predicted octanol–water partition coefficient (Wildman–Crippen LogP) is 2.21. The van der Waals surface area contributed by atoms with E-state index in [0.717, 1.165) is 24.4 Å². The SMILES string of the molecule is CCOc1ccccc1C(O)CN1CCCC1. The van der Waals surface area contributed by atoms with Crippen LogP contribution in [0.2, 0.25) is 0 Å². The van der Waals surface area contributed by atoms with Gasteiger partial charge in [-0.15, -0.1) is 0 Å². The number of ether oxygens (including phenoxy) is 1. The molecular formula is C14H21NO2. The largest absolute Gasteiger partial charge is 0.493 e. The fraction of sp³-hybridized carbons (Fsp3) is 0.571. The van der Waals surface area contributed by atoms with E-state index in [1.54, 1.807) is 0 Å². The highest BCUT2D eigenvalue weighted by molar-refractivity contribution is 5.35. The van der Waals surface area contributed by atoms with Crippen molar-refractivity contribution >= 4 is 0 Å². The Balaban J connectivity index is 2.03. The van der Waals surface area contributed by atoms with E-state index >= 15 is 0 Å². The summed E-state index contributed by atoms with van der Waals surface area (Å²) >= 11 is 0. The molecule has 1 atom stereocenters. The first-order valence-corrected chi connectivity index (χ1v) is 6.43. The molecule has 1 saturated heterocycles. The highest BCUT2D eigenvalue weighted by Crippen LogP contribution is 2.26. The van der Waals surface area contributed by atoms with E-state index in [2.05, 4.69) is 4.90 Å². The normalized spacial score (nSPS) is 18.2. The fourth-order valence-corrected chi connectivity index (χ4v) is 2.35. The summed E-state index contributed by atoms with van der Waals surface area (Å²) in [6.45, 7) is 5.52. The molecule has 17 heavy (non-hydrogen) atoms. The zero-order chi connectivity index (χ0) is 12.1. The molecule has 1 heterocycles. The van der Waals surface area contributed by atoms with Crippen molar-refractivity contribution in [3.63, 3.8) is 0 Å². The second-order valence-electron chi connectivity index (χ2n) is 4.49. The summed E-state index contributed by atoms with van der Waals surface area (Å²) in [5, 5.41) is 10.3. The van der Waals surface area contributed by atoms with Crippen LogP contribution in [0, 0.1) is 0 Å². The zero-order valence-electron chi connectivity index (χ0n) is 10.4. The van der Waals surface area contributed by atoms with Crippen LogP contribution in [0.4, 0.5) is 0 Å². The molecule has 0 radical (unpaired) electrons. The molecule has 1 aromatic rings. The summed E-state index contributed by atoms with van der Waals surface area (Å²) in [6.07, 6.45) is 2.05. The molecule has 0 aliphatic carbocycles. The Kier molecular flexibility index (Phi) is 4.40. The molecule has 1 aromatic carbocycles.